The van der Waals surface area contributed by atoms with E-state index in [0.29, 0.717) is 42.4 Å². The van der Waals surface area contributed by atoms with Gasteiger partial charge in [-0.15, -0.1) is 11.3 Å². The normalized spacial score (nSPS) is 19.2. The Morgan fingerprint density at radius 1 is 1.36 bits per heavy atom. The molecule has 1 fully saturated rings. The summed E-state index contributed by atoms with van der Waals surface area (Å²) >= 11 is 1.55. The molecule has 0 spiro atoms. The molecule has 25 heavy (non-hydrogen) atoms. The third-order valence-corrected chi connectivity index (χ3v) is 5.48. The van der Waals surface area contributed by atoms with E-state index >= 15 is 0 Å². The van der Waals surface area contributed by atoms with Gasteiger partial charge in [-0.3, -0.25) is 4.79 Å². The Morgan fingerprint density at radius 2 is 2.16 bits per heavy atom. The third-order valence-electron chi connectivity index (χ3n) is 4.66. The molecule has 1 aromatic carbocycles. The SMILES string of the molecule is Cc1cc(O)c(C[NH+]2CCOCC2)c2c1C(=O)/C(=C/c1cccs1)O2. The van der Waals surface area contributed by atoms with Crippen LogP contribution in [0.25, 0.3) is 6.08 Å². The number of rotatable bonds is 3. The van der Waals surface area contributed by atoms with Crippen LogP contribution in [0, 0.1) is 6.92 Å². The van der Waals surface area contributed by atoms with Crippen molar-refractivity contribution in [1.82, 2.24) is 0 Å². The van der Waals surface area contributed by atoms with Crippen LogP contribution in [-0.2, 0) is 11.3 Å². The van der Waals surface area contributed by atoms with Gasteiger partial charge in [0, 0.05) is 11.0 Å². The molecular formula is C19H20NO4S+. The van der Waals surface area contributed by atoms with E-state index in [1.165, 1.54) is 4.90 Å². The Kier molecular flexibility index (Phi) is 4.33. The van der Waals surface area contributed by atoms with E-state index < -0.39 is 0 Å². The number of aromatic hydroxyl groups is 1. The van der Waals surface area contributed by atoms with Gasteiger partial charge in [0.1, 0.15) is 25.4 Å². The maximum Gasteiger partial charge on any atom is 0.232 e. The molecule has 3 heterocycles. The number of quaternary nitrogens is 1. The van der Waals surface area contributed by atoms with E-state index in [4.69, 9.17) is 9.47 Å². The molecule has 0 atom stereocenters. The summed E-state index contributed by atoms with van der Waals surface area (Å²) < 4.78 is 11.3. The van der Waals surface area contributed by atoms with E-state index in [1.54, 1.807) is 23.5 Å². The summed E-state index contributed by atoms with van der Waals surface area (Å²) in [6.45, 7) is 5.65. The summed E-state index contributed by atoms with van der Waals surface area (Å²) in [5, 5.41) is 12.4. The Hall–Kier alpha value is -2.15. The minimum Gasteiger partial charge on any atom is -0.507 e. The standard InChI is InChI=1S/C19H19NO4S/c1-12-9-15(21)14(11-20-4-6-23-7-5-20)19-17(12)18(22)16(24-19)10-13-3-2-8-25-13/h2-3,8-10,21H,4-7,11H2,1H3/p+1/b16-10-. The number of ether oxygens (including phenoxy) is 2. The van der Waals surface area contributed by atoms with Crippen molar-refractivity contribution >= 4 is 23.2 Å². The van der Waals surface area contributed by atoms with Gasteiger partial charge in [0.15, 0.2) is 11.5 Å². The number of carbonyl (C=O) groups is 1. The molecule has 2 aliphatic rings. The lowest BCUT2D eigenvalue weighted by Crippen LogP contribution is -3.12. The minimum atomic E-state index is -0.112. The molecule has 0 radical (unpaired) electrons. The summed E-state index contributed by atoms with van der Waals surface area (Å²) in [5.74, 6) is 0.924. The molecule has 2 N–H and O–H groups in total. The fourth-order valence-electron chi connectivity index (χ4n) is 3.34. The molecule has 0 saturated carbocycles. The van der Waals surface area contributed by atoms with E-state index in [0.717, 1.165) is 23.5 Å². The van der Waals surface area contributed by atoms with Crippen LogP contribution < -0.4 is 9.64 Å². The van der Waals surface area contributed by atoms with Crippen LogP contribution in [0.15, 0.2) is 29.3 Å². The van der Waals surface area contributed by atoms with E-state index in [2.05, 4.69) is 0 Å². The number of fused-ring (bicyclic) bond motifs is 1. The lowest BCUT2D eigenvalue weighted by molar-refractivity contribution is -0.921. The lowest BCUT2D eigenvalue weighted by atomic mass is 9.99. The number of phenols is 1. The van der Waals surface area contributed by atoms with Gasteiger partial charge in [-0.1, -0.05) is 6.07 Å². The van der Waals surface area contributed by atoms with Crippen molar-refractivity contribution in [2.24, 2.45) is 0 Å². The molecule has 2 aliphatic heterocycles. The van der Waals surface area contributed by atoms with Crippen LogP contribution in [0.3, 0.4) is 0 Å². The zero-order valence-electron chi connectivity index (χ0n) is 14.0. The van der Waals surface area contributed by atoms with Gasteiger partial charge >= 0.3 is 0 Å². The number of hydrogen-bond acceptors (Lipinski definition) is 5. The Labute approximate surface area is 150 Å². The van der Waals surface area contributed by atoms with E-state index in [1.807, 2.05) is 24.4 Å². The summed E-state index contributed by atoms with van der Waals surface area (Å²) in [7, 11) is 0. The number of thiophene rings is 1. The third kappa shape index (κ3) is 3.08. The number of Topliss-reactive ketones (excluding diaryl/α,β-unsaturated/α-hetero) is 1. The fourth-order valence-corrected chi connectivity index (χ4v) is 3.99. The lowest BCUT2D eigenvalue weighted by Gasteiger charge is -2.24. The van der Waals surface area contributed by atoms with Gasteiger partial charge in [0.2, 0.25) is 5.78 Å². The molecule has 4 rings (SSSR count). The highest BCUT2D eigenvalue weighted by molar-refractivity contribution is 7.10. The van der Waals surface area contributed by atoms with Crippen molar-refractivity contribution in [3.63, 3.8) is 0 Å². The molecule has 0 amide bonds. The largest absolute Gasteiger partial charge is 0.507 e. The molecule has 0 bridgehead atoms. The molecule has 2 aromatic rings. The van der Waals surface area contributed by atoms with Crippen LogP contribution >= 0.6 is 11.3 Å². The molecule has 130 valence electrons. The highest BCUT2D eigenvalue weighted by Gasteiger charge is 2.34. The van der Waals surface area contributed by atoms with Gasteiger partial charge in [0.05, 0.1) is 24.3 Å². The van der Waals surface area contributed by atoms with Crippen LogP contribution in [-0.4, -0.2) is 37.2 Å². The minimum absolute atomic E-state index is 0.112. The Bertz CT molecular complexity index is 836. The van der Waals surface area contributed by atoms with Crippen LogP contribution in [0.5, 0.6) is 11.5 Å². The second-order valence-corrected chi connectivity index (χ2v) is 7.37. The summed E-state index contributed by atoms with van der Waals surface area (Å²) in [6, 6.07) is 5.55. The second-order valence-electron chi connectivity index (χ2n) is 6.39. The molecule has 0 unspecified atom stereocenters. The van der Waals surface area contributed by atoms with Crippen molar-refractivity contribution < 1.29 is 24.3 Å². The molecule has 6 heteroatoms. The second kappa shape index (κ2) is 6.63. The van der Waals surface area contributed by atoms with Gasteiger partial charge in [-0.2, -0.15) is 0 Å². The average Bonchev–Trinajstić information content (AvgIpc) is 3.22. The monoisotopic (exact) mass is 358 g/mol. The van der Waals surface area contributed by atoms with Crippen molar-refractivity contribution in [1.29, 1.82) is 0 Å². The molecule has 1 saturated heterocycles. The number of hydrogen-bond donors (Lipinski definition) is 2. The summed E-state index contributed by atoms with van der Waals surface area (Å²) in [6.07, 6.45) is 1.77. The van der Waals surface area contributed by atoms with Gasteiger partial charge in [-0.05, 0) is 30.0 Å². The number of carbonyl (C=O) groups excluding carboxylic acids is 1. The van der Waals surface area contributed by atoms with Crippen molar-refractivity contribution in [3.05, 3.63) is 50.9 Å². The molecular weight excluding hydrogens is 338 g/mol. The average molecular weight is 358 g/mol. The highest BCUT2D eigenvalue weighted by atomic mass is 32.1. The first-order valence-electron chi connectivity index (χ1n) is 8.38. The maximum atomic E-state index is 12.8. The zero-order chi connectivity index (χ0) is 17.4. The van der Waals surface area contributed by atoms with Crippen molar-refractivity contribution in [3.8, 4) is 11.5 Å². The number of aryl methyl sites for hydroxylation is 1. The number of benzene rings is 1. The predicted octanol–water partition coefficient (Wildman–Crippen LogP) is 1.79. The van der Waals surface area contributed by atoms with Gasteiger partial charge in [0.25, 0.3) is 0 Å². The number of morpholine rings is 1. The van der Waals surface area contributed by atoms with Gasteiger partial charge < -0.3 is 19.5 Å². The first kappa shape index (κ1) is 16.3. The molecule has 0 aliphatic carbocycles. The summed E-state index contributed by atoms with van der Waals surface area (Å²) in [5.41, 5.74) is 2.02. The fraction of sp³-hybridized carbons (Fsp3) is 0.316. The first-order chi connectivity index (χ1) is 12.1. The van der Waals surface area contributed by atoms with Crippen LogP contribution in [0.2, 0.25) is 0 Å². The van der Waals surface area contributed by atoms with Gasteiger partial charge in [-0.25, -0.2) is 0 Å². The molecule has 1 aromatic heterocycles. The maximum absolute atomic E-state index is 12.8. The zero-order valence-corrected chi connectivity index (χ0v) is 14.8. The van der Waals surface area contributed by atoms with E-state index in [-0.39, 0.29) is 11.5 Å². The number of phenolic OH excluding ortho intramolecular Hbond substituents is 1. The molecule has 5 nitrogen and oxygen atoms in total. The van der Waals surface area contributed by atoms with Crippen molar-refractivity contribution in [2.75, 3.05) is 26.3 Å². The topological polar surface area (TPSA) is 60.2 Å². The smallest absolute Gasteiger partial charge is 0.232 e. The Morgan fingerprint density at radius 3 is 2.88 bits per heavy atom. The van der Waals surface area contributed by atoms with E-state index in [9.17, 15) is 9.90 Å². The first-order valence-corrected chi connectivity index (χ1v) is 9.26. The number of allylic oxidation sites excluding steroid dienone is 1. The predicted molar refractivity (Wildman–Crippen MR) is 95.3 cm³/mol. The van der Waals surface area contributed by atoms with Crippen molar-refractivity contribution in [2.45, 2.75) is 13.5 Å². The quantitative estimate of drug-likeness (QED) is 0.822. The highest BCUT2D eigenvalue weighted by Crippen LogP contribution is 2.41. The van der Waals surface area contributed by atoms with Crippen LogP contribution in [0.4, 0.5) is 0 Å². The number of nitrogens with one attached hydrogen (secondary N) is 1. The number of ketones is 1. The summed E-state index contributed by atoms with van der Waals surface area (Å²) in [4.78, 5) is 15.1. The Balaban J connectivity index is 1.71. The van der Waals surface area contributed by atoms with Crippen LogP contribution in [0.1, 0.15) is 26.4 Å².